The normalized spacial score (nSPS) is 19.7. The van der Waals surface area contributed by atoms with E-state index in [9.17, 15) is 4.57 Å². The molecule has 0 amide bonds. The Balaban J connectivity index is 1.78. The van der Waals surface area contributed by atoms with Gasteiger partial charge in [-0.3, -0.25) is 4.52 Å². The Kier molecular flexibility index (Phi) is 9.57. The lowest BCUT2D eigenvalue weighted by atomic mass is 9.94. The molecule has 0 spiro atoms. The van der Waals surface area contributed by atoms with Crippen LogP contribution in [0.25, 0.3) is 0 Å². The number of hydrogen-bond acceptors (Lipinski definition) is 5. The molecule has 1 aromatic rings. The number of halogens is 1. The number of rotatable bonds is 12. The molecule has 1 aliphatic rings. The summed E-state index contributed by atoms with van der Waals surface area (Å²) in [6.07, 6.45) is 7.11. The maximum atomic E-state index is 10.6. The Bertz CT molecular complexity index is 620. The molecule has 2 rings (SSSR count). The van der Waals surface area contributed by atoms with Gasteiger partial charge < -0.3 is 9.47 Å². The van der Waals surface area contributed by atoms with Gasteiger partial charge in [0.25, 0.3) is 0 Å². The van der Waals surface area contributed by atoms with Gasteiger partial charge in [-0.15, -0.1) is 0 Å². The summed E-state index contributed by atoms with van der Waals surface area (Å²) in [5, 5.41) is 0. The maximum Gasteiger partial charge on any atom is 0.327 e. The number of benzene rings is 1. The molecule has 0 fully saturated rings. The van der Waals surface area contributed by atoms with E-state index in [1.54, 1.807) is 0 Å². The van der Waals surface area contributed by atoms with E-state index in [-0.39, 0.29) is 8.69 Å². The van der Waals surface area contributed by atoms with Crippen LogP contribution in [0.4, 0.5) is 0 Å². The summed E-state index contributed by atoms with van der Waals surface area (Å²) >= 11 is 2.24. The first-order chi connectivity index (χ1) is 12.7. The SMILES string of the molecule is CC1=NC(CCc2ccc(OCCCC/C=C\I)cc2)(COP=O)CO1. The van der Waals surface area contributed by atoms with Gasteiger partial charge in [0.1, 0.15) is 17.9 Å². The summed E-state index contributed by atoms with van der Waals surface area (Å²) in [4.78, 5) is 4.56. The van der Waals surface area contributed by atoms with Gasteiger partial charge in [-0.25, -0.2) is 9.56 Å². The molecular weight excluding hydrogens is 464 g/mol. The molecule has 1 aromatic carbocycles. The highest BCUT2D eigenvalue weighted by atomic mass is 127. The number of nitrogens with zero attached hydrogens (tertiary/aromatic N) is 1. The molecule has 0 N–H and O–H groups in total. The van der Waals surface area contributed by atoms with E-state index in [4.69, 9.17) is 14.0 Å². The number of hydrogen-bond donors (Lipinski definition) is 0. The standard InChI is InChI=1S/C19H25INO4P/c1-16-21-19(14-24-16,15-25-26-22)11-10-17-6-8-18(9-7-17)23-13-5-3-2-4-12-20/h4,6-9,12H,2-3,5,10-11,13-15H2,1H3/b12-4-. The van der Waals surface area contributed by atoms with Gasteiger partial charge in [-0.1, -0.05) is 40.8 Å². The van der Waals surface area contributed by atoms with Gasteiger partial charge in [0, 0.05) is 6.92 Å². The third-order valence-electron chi connectivity index (χ3n) is 4.26. The molecule has 142 valence electrons. The van der Waals surface area contributed by atoms with Crippen molar-refractivity contribution in [2.45, 2.75) is 44.6 Å². The fourth-order valence-electron chi connectivity index (χ4n) is 2.80. The van der Waals surface area contributed by atoms with Crippen molar-refractivity contribution in [3.63, 3.8) is 0 Å². The van der Waals surface area contributed by atoms with Crippen molar-refractivity contribution < 1.29 is 18.6 Å². The van der Waals surface area contributed by atoms with E-state index in [1.807, 2.05) is 19.1 Å². The molecule has 1 aliphatic heterocycles. The summed E-state index contributed by atoms with van der Waals surface area (Å²) in [5.74, 6) is 1.56. The zero-order valence-corrected chi connectivity index (χ0v) is 18.1. The van der Waals surface area contributed by atoms with Gasteiger partial charge in [0.2, 0.25) is 0 Å². The lowest BCUT2D eigenvalue weighted by Crippen LogP contribution is -2.34. The third-order valence-corrected chi connectivity index (χ3v) is 5.00. The van der Waals surface area contributed by atoms with Crippen molar-refractivity contribution in [3.05, 3.63) is 40.0 Å². The first-order valence-electron chi connectivity index (χ1n) is 8.78. The van der Waals surface area contributed by atoms with E-state index in [0.29, 0.717) is 19.1 Å². The second kappa shape index (κ2) is 11.7. The highest BCUT2D eigenvalue weighted by Gasteiger charge is 2.35. The Morgan fingerprint density at radius 2 is 2.15 bits per heavy atom. The highest BCUT2D eigenvalue weighted by molar-refractivity contribution is 14.1. The molecule has 1 unspecified atom stereocenters. The molecule has 1 atom stereocenters. The Labute approximate surface area is 170 Å². The van der Waals surface area contributed by atoms with Crippen LogP contribution in [0.15, 0.2) is 39.4 Å². The van der Waals surface area contributed by atoms with Crippen LogP contribution in [0.2, 0.25) is 0 Å². The van der Waals surface area contributed by atoms with E-state index < -0.39 is 5.54 Å². The van der Waals surface area contributed by atoms with E-state index in [2.05, 4.69) is 49.9 Å². The van der Waals surface area contributed by atoms with E-state index in [0.717, 1.165) is 44.5 Å². The number of aryl methyl sites for hydroxylation is 1. The van der Waals surface area contributed by atoms with Gasteiger partial charge in [-0.05, 0) is 53.9 Å². The minimum atomic E-state index is -0.441. The molecule has 26 heavy (non-hydrogen) atoms. The van der Waals surface area contributed by atoms with Crippen molar-refractivity contribution >= 4 is 37.2 Å². The number of aliphatic imine (C=N–C) groups is 1. The van der Waals surface area contributed by atoms with Crippen LogP contribution >= 0.6 is 31.3 Å². The summed E-state index contributed by atoms with van der Waals surface area (Å²) in [5.41, 5.74) is 0.770. The van der Waals surface area contributed by atoms with E-state index in [1.165, 1.54) is 5.56 Å². The zero-order chi connectivity index (χ0) is 18.7. The number of ether oxygens (including phenoxy) is 2. The number of unbranched alkanes of at least 4 members (excludes halogenated alkanes) is 2. The van der Waals surface area contributed by atoms with Crippen LogP contribution < -0.4 is 4.74 Å². The largest absolute Gasteiger partial charge is 0.494 e. The monoisotopic (exact) mass is 489 g/mol. The summed E-state index contributed by atoms with van der Waals surface area (Å²) in [6.45, 7) is 3.35. The van der Waals surface area contributed by atoms with Crippen molar-refractivity contribution in [2.75, 3.05) is 19.8 Å². The molecule has 7 heteroatoms. The van der Waals surface area contributed by atoms with Crippen LogP contribution in [0.5, 0.6) is 5.75 Å². The predicted octanol–water partition coefficient (Wildman–Crippen LogP) is 5.53. The quantitative estimate of drug-likeness (QED) is 0.220. The van der Waals surface area contributed by atoms with Crippen LogP contribution in [0.3, 0.4) is 0 Å². The smallest absolute Gasteiger partial charge is 0.327 e. The third kappa shape index (κ3) is 7.33. The Morgan fingerprint density at radius 3 is 2.81 bits per heavy atom. The molecule has 0 bridgehead atoms. The van der Waals surface area contributed by atoms with Crippen molar-refractivity contribution in [1.29, 1.82) is 0 Å². The molecule has 5 nitrogen and oxygen atoms in total. The first-order valence-corrected chi connectivity index (χ1v) is 10.8. The average Bonchev–Trinajstić information content (AvgIpc) is 3.03. The molecule has 1 heterocycles. The minimum absolute atomic E-state index is 0.295. The van der Waals surface area contributed by atoms with Crippen molar-refractivity contribution in [3.8, 4) is 5.75 Å². The lowest BCUT2D eigenvalue weighted by molar-refractivity contribution is 0.173. The average molecular weight is 489 g/mol. The molecule has 0 saturated carbocycles. The van der Waals surface area contributed by atoms with Gasteiger partial charge in [0.05, 0.1) is 13.2 Å². The van der Waals surface area contributed by atoms with Gasteiger partial charge in [-0.2, -0.15) is 0 Å². The Hall–Kier alpha value is -0.980. The summed E-state index contributed by atoms with van der Waals surface area (Å²) in [6, 6.07) is 8.19. The number of allylic oxidation sites excluding steroid dienone is 1. The molecule has 0 aliphatic carbocycles. The molecule has 0 aromatic heterocycles. The van der Waals surface area contributed by atoms with Crippen LogP contribution in [-0.2, 0) is 20.2 Å². The van der Waals surface area contributed by atoms with Crippen LogP contribution in [0.1, 0.15) is 38.2 Å². The highest BCUT2D eigenvalue weighted by Crippen LogP contribution is 2.27. The minimum Gasteiger partial charge on any atom is -0.494 e. The lowest BCUT2D eigenvalue weighted by Gasteiger charge is -2.22. The van der Waals surface area contributed by atoms with E-state index >= 15 is 0 Å². The molecule has 0 saturated heterocycles. The fraction of sp³-hybridized carbons (Fsp3) is 0.526. The summed E-state index contributed by atoms with van der Waals surface area (Å²) < 4.78 is 29.0. The second-order valence-electron chi connectivity index (χ2n) is 6.34. The van der Waals surface area contributed by atoms with Gasteiger partial charge >= 0.3 is 8.69 Å². The molecule has 0 radical (unpaired) electrons. The fourth-order valence-corrected chi connectivity index (χ4v) is 3.46. The maximum absolute atomic E-state index is 10.6. The predicted molar refractivity (Wildman–Crippen MR) is 113 cm³/mol. The zero-order valence-electron chi connectivity index (χ0n) is 15.0. The van der Waals surface area contributed by atoms with Gasteiger partial charge in [0.15, 0.2) is 5.90 Å². The molecular formula is C19H25INO4P. The summed E-state index contributed by atoms with van der Waals surface area (Å²) in [7, 11) is -0.320. The van der Waals surface area contributed by atoms with Crippen LogP contribution in [-0.4, -0.2) is 31.3 Å². The van der Waals surface area contributed by atoms with Crippen molar-refractivity contribution in [2.24, 2.45) is 4.99 Å². The Morgan fingerprint density at radius 1 is 1.35 bits per heavy atom. The van der Waals surface area contributed by atoms with Crippen molar-refractivity contribution in [1.82, 2.24) is 0 Å². The topological polar surface area (TPSA) is 57.1 Å². The van der Waals surface area contributed by atoms with Crippen LogP contribution in [0, 0.1) is 0 Å². The second-order valence-corrected chi connectivity index (χ2v) is 7.47. The first kappa shape index (κ1) is 21.3.